The second-order valence-corrected chi connectivity index (χ2v) is 4.50. The highest BCUT2D eigenvalue weighted by Gasteiger charge is 2.32. The highest BCUT2D eigenvalue weighted by atomic mass is 14.9. The van der Waals surface area contributed by atoms with Gasteiger partial charge in [0, 0.05) is 0 Å². The molecule has 2 atom stereocenters. The largest absolute Gasteiger partial charge is 0.345 e. The number of H-pyrrole nitrogens is 1. The average Bonchev–Trinajstić information content (AvgIpc) is 3.02. The fourth-order valence-corrected chi connectivity index (χ4v) is 3.12. The molecule has 16 heavy (non-hydrogen) atoms. The Balaban J connectivity index is 0.000000457. The summed E-state index contributed by atoms with van der Waals surface area (Å²) in [5.74, 6) is 1.78. The minimum atomic E-state index is 0.823. The molecular formula is C14H22N2. The molecule has 3 rings (SSSR count). The lowest BCUT2D eigenvalue weighted by atomic mass is 9.80. The molecule has 1 aromatic heterocycles. The fourth-order valence-electron chi connectivity index (χ4n) is 3.12. The molecule has 2 nitrogen and oxygen atoms in total. The van der Waals surface area contributed by atoms with Gasteiger partial charge >= 0.3 is 0 Å². The van der Waals surface area contributed by atoms with Crippen molar-refractivity contribution in [2.75, 3.05) is 0 Å². The Morgan fingerprint density at radius 3 is 2.88 bits per heavy atom. The first-order valence-electron chi connectivity index (χ1n) is 6.64. The molecule has 2 aliphatic rings. The number of hydrogen-bond donors (Lipinski definition) is 1. The minimum Gasteiger partial charge on any atom is -0.345 e. The van der Waals surface area contributed by atoms with Gasteiger partial charge in [0.25, 0.3) is 0 Å². The maximum Gasteiger partial charge on any atom is 0.0924 e. The molecule has 0 aliphatic heterocycles. The summed E-state index contributed by atoms with van der Waals surface area (Å²) in [4.78, 5) is 7.36. The Morgan fingerprint density at radius 1 is 1.25 bits per heavy atom. The van der Waals surface area contributed by atoms with Crippen LogP contribution in [0.15, 0.2) is 18.6 Å². The van der Waals surface area contributed by atoms with E-state index in [2.05, 4.69) is 16.0 Å². The molecule has 2 heteroatoms. The first-order chi connectivity index (χ1) is 7.95. The third kappa shape index (κ3) is 2.06. The van der Waals surface area contributed by atoms with E-state index in [1.807, 2.05) is 20.0 Å². The van der Waals surface area contributed by atoms with Crippen molar-refractivity contribution in [2.45, 2.75) is 46.0 Å². The van der Waals surface area contributed by atoms with Crippen molar-refractivity contribution in [3.8, 4) is 0 Å². The number of nitrogens with one attached hydrogen (secondary N) is 1. The monoisotopic (exact) mass is 218 g/mol. The van der Waals surface area contributed by atoms with Crippen molar-refractivity contribution in [1.29, 1.82) is 0 Å². The number of hydrogen-bond acceptors (Lipinski definition) is 1. The van der Waals surface area contributed by atoms with Crippen LogP contribution in [0.2, 0.25) is 0 Å². The van der Waals surface area contributed by atoms with Gasteiger partial charge in [-0.15, -0.1) is 0 Å². The Bertz CT molecular complexity index is 338. The summed E-state index contributed by atoms with van der Waals surface area (Å²) in [5.41, 5.74) is 2.79. The molecule has 88 valence electrons. The lowest BCUT2D eigenvalue weighted by Crippen LogP contribution is -2.14. The Hall–Kier alpha value is -1.05. The highest BCUT2D eigenvalue weighted by Crippen LogP contribution is 2.45. The Kier molecular flexibility index (Phi) is 3.81. The van der Waals surface area contributed by atoms with Crippen molar-refractivity contribution in [2.24, 2.45) is 11.8 Å². The summed E-state index contributed by atoms with van der Waals surface area (Å²) in [5, 5.41) is 0. The predicted molar refractivity (Wildman–Crippen MR) is 68.0 cm³/mol. The number of imidazole rings is 1. The van der Waals surface area contributed by atoms with Crippen LogP contribution < -0.4 is 0 Å². The maximum absolute atomic E-state index is 4.12. The first-order valence-corrected chi connectivity index (χ1v) is 6.64. The summed E-state index contributed by atoms with van der Waals surface area (Å²) in [6.07, 6.45) is 13.1. The lowest BCUT2D eigenvalue weighted by Gasteiger charge is -2.26. The average molecular weight is 218 g/mol. The van der Waals surface area contributed by atoms with Crippen LogP contribution in [0.25, 0.3) is 5.57 Å². The summed E-state index contributed by atoms with van der Waals surface area (Å²) in [6.45, 7) is 4.00. The normalized spacial score (nSPS) is 27.8. The van der Waals surface area contributed by atoms with Crippen LogP contribution in [0.3, 0.4) is 0 Å². The van der Waals surface area contributed by atoms with Crippen LogP contribution in [-0.2, 0) is 0 Å². The maximum atomic E-state index is 4.12. The van der Waals surface area contributed by atoms with E-state index in [1.165, 1.54) is 43.4 Å². The lowest BCUT2D eigenvalue weighted by molar-refractivity contribution is 0.423. The summed E-state index contributed by atoms with van der Waals surface area (Å²) in [7, 11) is 0. The number of nitrogens with zero attached hydrogens (tertiary/aromatic N) is 1. The third-order valence-electron chi connectivity index (χ3n) is 3.77. The van der Waals surface area contributed by atoms with Gasteiger partial charge < -0.3 is 4.98 Å². The predicted octanol–water partition coefficient (Wildman–Crippen LogP) is 4.03. The van der Waals surface area contributed by atoms with Crippen LogP contribution in [0.4, 0.5) is 0 Å². The Labute approximate surface area is 98.2 Å². The molecule has 0 amide bonds. The molecule has 1 heterocycles. The molecule has 1 saturated carbocycles. The molecule has 0 spiro atoms. The Morgan fingerprint density at radius 2 is 2.12 bits per heavy atom. The van der Waals surface area contributed by atoms with E-state index >= 15 is 0 Å². The number of allylic oxidation sites excluding steroid dienone is 2. The van der Waals surface area contributed by atoms with Gasteiger partial charge in [-0.05, 0) is 43.1 Å². The van der Waals surface area contributed by atoms with Crippen molar-refractivity contribution >= 4 is 5.57 Å². The van der Waals surface area contributed by atoms with E-state index in [1.54, 1.807) is 6.33 Å². The number of aromatic nitrogens is 2. The van der Waals surface area contributed by atoms with Crippen LogP contribution >= 0.6 is 0 Å². The van der Waals surface area contributed by atoms with E-state index < -0.39 is 0 Å². The molecule has 1 aromatic rings. The van der Waals surface area contributed by atoms with Gasteiger partial charge in [0.2, 0.25) is 0 Å². The SMILES string of the molecule is C1=C(c2cnc[nH]2)C2CCCC2CC1.CC. The highest BCUT2D eigenvalue weighted by molar-refractivity contribution is 5.65. The van der Waals surface area contributed by atoms with Gasteiger partial charge in [0.15, 0.2) is 0 Å². The summed E-state index contributed by atoms with van der Waals surface area (Å²) < 4.78 is 0. The van der Waals surface area contributed by atoms with E-state index in [0.717, 1.165) is 11.8 Å². The number of aromatic amines is 1. The molecule has 2 unspecified atom stereocenters. The topological polar surface area (TPSA) is 28.7 Å². The number of rotatable bonds is 1. The van der Waals surface area contributed by atoms with Gasteiger partial charge in [0.05, 0.1) is 18.2 Å². The summed E-state index contributed by atoms with van der Waals surface area (Å²) >= 11 is 0. The summed E-state index contributed by atoms with van der Waals surface area (Å²) in [6, 6.07) is 0. The van der Waals surface area contributed by atoms with Gasteiger partial charge in [-0.1, -0.05) is 26.3 Å². The molecular weight excluding hydrogens is 196 g/mol. The van der Waals surface area contributed by atoms with Gasteiger partial charge in [-0.25, -0.2) is 4.98 Å². The standard InChI is InChI=1S/C12H16N2.C2H6/c1-3-9-4-2-6-11(10(9)5-1)12-7-13-8-14-12;1-2/h6-10H,1-5H2,(H,13,14);1-2H3. The smallest absolute Gasteiger partial charge is 0.0924 e. The molecule has 0 aromatic carbocycles. The zero-order valence-electron chi connectivity index (χ0n) is 10.4. The van der Waals surface area contributed by atoms with E-state index in [4.69, 9.17) is 0 Å². The van der Waals surface area contributed by atoms with Crippen molar-refractivity contribution in [3.63, 3.8) is 0 Å². The van der Waals surface area contributed by atoms with Crippen LogP contribution in [0.1, 0.15) is 51.6 Å². The quantitative estimate of drug-likeness (QED) is 0.757. The van der Waals surface area contributed by atoms with Crippen molar-refractivity contribution in [3.05, 3.63) is 24.3 Å². The molecule has 0 bridgehead atoms. The minimum absolute atomic E-state index is 0.823. The molecule has 2 aliphatic carbocycles. The second kappa shape index (κ2) is 5.33. The second-order valence-electron chi connectivity index (χ2n) is 4.50. The zero-order chi connectivity index (χ0) is 11.4. The van der Waals surface area contributed by atoms with Crippen molar-refractivity contribution in [1.82, 2.24) is 9.97 Å². The van der Waals surface area contributed by atoms with Crippen molar-refractivity contribution < 1.29 is 0 Å². The fraction of sp³-hybridized carbons (Fsp3) is 0.643. The van der Waals surface area contributed by atoms with Gasteiger partial charge in [-0.2, -0.15) is 0 Å². The zero-order valence-corrected chi connectivity index (χ0v) is 10.4. The van der Waals surface area contributed by atoms with Crippen LogP contribution in [-0.4, -0.2) is 9.97 Å². The first kappa shape index (κ1) is 11.4. The van der Waals surface area contributed by atoms with Gasteiger partial charge in [0.1, 0.15) is 0 Å². The molecule has 0 saturated heterocycles. The van der Waals surface area contributed by atoms with E-state index in [9.17, 15) is 0 Å². The molecule has 0 radical (unpaired) electrons. The third-order valence-corrected chi connectivity index (χ3v) is 3.77. The van der Waals surface area contributed by atoms with E-state index in [-0.39, 0.29) is 0 Å². The van der Waals surface area contributed by atoms with Crippen LogP contribution in [0, 0.1) is 11.8 Å². The number of fused-ring (bicyclic) bond motifs is 1. The molecule has 1 N–H and O–H groups in total. The van der Waals surface area contributed by atoms with Gasteiger partial charge in [-0.3, -0.25) is 0 Å². The molecule has 1 fully saturated rings. The van der Waals surface area contributed by atoms with E-state index in [0.29, 0.717) is 0 Å². The van der Waals surface area contributed by atoms with Crippen LogP contribution in [0.5, 0.6) is 0 Å².